The third-order valence-corrected chi connectivity index (χ3v) is 7.67. The fraction of sp³-hybridized carbons (Fsp3) is 0.129. The zero-order valence-electron chi connectivity index (χ0n) is 21.4. The average Bonchev–Trinajstić information content (AvgIpc) is 3.53. The van der Waals surface area contributed by atoms with E-state index in [-0.39, 0.29) is 12.2 Å². The van der Waals surface area contributed by atoms with Gasteiger partial charge in [-0.2, -0.15) is 0 Å². The summed E-state index contributed by atoms with van der Waals surface area (Å²) in [5, 5.41) is 1.02. The maximum Gasteiger partial charge on any atom is 0.338 e. The largest absolute Gasteiger partial charge is 0.497 e. The van der Waals surface area contributed by atoms with E-state index < -0.39 is 12.0 Å². The molecule has 3 aromatic carbocycles. The van der Waals surface area contributed by atoms with Crippen LogP contribution in [-0.4, -0.2) is 29.2 Å². The van der Waals surface area contributed by atoms with E-state index in [1.165, 1.54) is 11.3 Å². The van der Waals surface area contributed by atoms with Gasteiger partial charge in [-0.25, -0.2) is 9.79 Å². The summed E-state index contributed by atoms with van der Waals surface area (Å²) in [5.41, 5.74) is 3.95. The topological polar surface area (TPSA) is 85.7 Å². The summed E-state index contributed by atoms with van der Waals surface area (Å²) >= 11 is 1.30. The van der Waals surface area contributed by atoms with Gasteiger partial charge in [0, 0.05) is 28.2 Å². The fourth-order valence-electron chi connectivity index (χ4n) is 4.92. The number of nitrogens with zero attached hydrogens (tertiary/aromatic N) is 2. The van der Waals surface area contributed by atoms with Crippen LogP contribution >= 0.6 is 11.3 Å². The van der Waals surface area contributed by atoms with Crippen LogP contribution in [0.15, 0.2) is 100 Å². The molecular formula is C31H25N3O4S. The molecule has 1 unspecified atom stereocenters. The Morgan fingerprint density at radius 3 is 2.67 bits per heavy atom. The van der Waals surface area contributed by atoms with Crippen LogP contribution in [0.2, 0.25) is 0 Å². The molecule has 0 amide bonds. The van der Waals surface area contributed by atoms with Gasteiger partial charge in [-0.1, -0.05) is 72.0 Å². The van der Waals surface area contributed by atoms with Crippen molar-refractivity contribution in [3.05, 3.63) is 127 Å². The molecule has 0 spiro atoms. The van der Waals surface area contributed by atoms with Crippen LogP contribution in [0.1, 0.15) is 29.7 Å². The first kappa shape index (κ1) is 24.6. The number of fused-ring (bicyclic) bond motifs is 2. The summed E-state index contributed by atoms with van der Waals surface area (Å²) in [7, 11) is 1.59. The second-order valence-electron chi connectivity index (χ2n) is 9.00. The van der Waals surface area contributed by atoms with Gasteiger partial charge in [0.2, 0.25) is 0 Å². The minimum absolute atomic E-state index is 0.195. The number of aromatic amines is 1. The standard InChI is InChI=1S/C31H25N3O4S/c1-3-38-30(36)26-27(19-10-5-4-6-11-19)33-31-34(28(26)20-12-9-13-22(16-20)37-2)29(35)25(39-31)17-21-18-32-24-15-8-7-14-23(21)24/h4-18,28,32H,3H2,1-2H3. The number of hydrogen-bond donors (Lipinski definition) is 1. The number of aromatic nitrogens is 2. The number of esters is 1. The minimum Gasteiger partial charge on any atom is -0.497 e. The summed E-state index contributed by atoms with van der Waals surface area (Å²) < 4.78 is 13.1. The van der Waals surface area contributed by atoms with Gasteiger partial charge in [-0.3, -0.25) is 9.36 Å². The van der Waals surface area contributed by atoms with Crippen molar-refractivity contribution in [3.8, 4) is 5.75 Å². The molecule has 0 fully saturated rings. The van der Waals surface area contributed by atoms with E-state index in [1.807, 2.05) is 91.1 Å². The lowest BCUT2D eigenvalue weighted by molar-refractivity contribution is -0.138. The van der Waals surface area contributed by atoms with Crippen molar-refractivity contribution in [2.75, 3.05) is 13.7 Å². The maximum atomic E-state index is 14.0. The molecule has 0 radical (unpaired) electrons. The Morgan fingerprint density at radius 1 is 1.08 bits per heavy atom. The first-order chi connectivity index (χ1) is 19.1. The number of H-pyrrole nitrogens is 1. The number of rotatable bonds is 6. The highest BCUT2D eigenvalue weighted by Crippen LogP contribution is 2.36. The number of carbonyl (C=O) groups is 1. The van der Waals surface area contributed by atoms with Crippen molar-refractivity contribution in [2.45, 2.75) is 13.0 Å². The molecule has 3 heterocycles. The Labute approximate surface area is 228 Å². The molecule has 194 valence electrons. The number of ether oxygens (including phenoxy) is 2. The van der Waals surface area contributed by atoms with Crippen LogP contribution in [0.5, 0.6) is 5.75 Å². The van der Waals surface area contributed by atoms with Gasteiger partial charge in [-0.15, -0.1) is 0 Å². The van der Waals surface area contributed by atoms with Crippen molar-refractivity contribution in [1.82, 2.24) is 9.55 Å². The zero-order valence-corrected chi connectivity index (χ0v) is 22.2. The first-order valence-electron chi connectivity index (χ1n) is 12.6. The van der Waals surface area contributed by atoms with Gasteiger partial charge < -0.3 is 14.5 Å². The molecule has 0 saturated heterocycles. The van der Waals surface area contributed by atoms with Gasteiger partial charge in [0.25, 0.3) is 5.56 Å². The van der Waals surface area contributed by atoms with E-state index in [9.17, 15) is 9.59 Å². The van der Waals surface area contributed by atoms with E-state index in [1.54, 1.807) is 18.6 Å². The Bertz CT molecular complexity index is 1910. The molecule has 2 aromatic heterocycles. The van der Waals surface area contributed by atoms with E-state index in [2.05, 4.69) is 4.98 Å². The molecule has 1 atom stereocenters. The average molecular weight is 536 g/mol. The summed E-state index contributed by atoms with van der Waals surface area (Å²) in [4.78, 5) is 36.3. The minimum atomic E-state index is -0.754. The molecular weight excluding hydrogens is 510 g/mol. The molecule has 0 bridgehead atoms. The van der Waals surface area contributed by atoms with Gasteiger partial charge >= 0.3 is 5.97 Å². The van der Waals surface area contributed by atoms with E-state index in [0.29, 0.717) is 26.4 Å². The highest BCUT2D eigenvalue weighted by atomic mass is 32.1. The predicted octanol–water partition coefficient (Wildman–Crippen LogP) is 4.43. The Morgan fingerprint density at radius 2 is 1.87 bits per heavy atom. The molecule has 6 rings (SSSR count). The van der Waals surface area contributed by atoms with Crippen LogP contribution in [0.3, 0.4) is 0 Å². The normalized spacial score (nSPS) is 15.2. The summed E-state index contributed by atoms with van der Waals surface area (Å²) in [6.07, 6.45) is 3.77. The molecule has 1 aliphatic heterocycles. The number of para-hydroxylation sites is 1. The van der Waals surface area contributed by atoms with Crippen molar-refractivity contribution in [2.24, 2.45) is 4.99 Å². The van der Waals surface area contributed by atoms with Crippen LogP contribution in [0, 0.1) is 0 Å². The van der Waals surface area contributed by atoms with Gasteiger partial charge in [0.15, 0.2) is 4.80 Å². The van der Waals surface area contributed by atoms with Crippen molar-refractivity contribution < 1.29 is 14.3 Å². The molecule has 1 N–H and O–H groups in total. The maximum absolute atomic E-state index is 14.0. The molecule has 1 aliphatic rings. The van der Waals surface area contributed by atoms with Gasteiger partial charge in [-0.05, 0) is 36.8 Å². The van der Waals surface area contributed by atoms with Crippen molar-refractivity contribution >= 4 is 40.0 Å². The lowest BCUT2D eigenvalue weighted by atomic mass is 9.93. The van der Waals surface area contributed by atoms with Crippen molar-refractivity contribution in [3.63, 3.8) is 0 Å². The van der Waals surface area contributed by atoms with Crippen LogP contribution < -0.4 is 19.6 Å². The molecule has 5 aromatic rings. The monoisotopic (exact) mass is 535 g/mol. The lowest BCUT2D eigenvalue weighted by Crippen LogP contribution is -2.40. The number of methoxy groups -OCH3 is 1. The first-order valence-corrected chi connectivity index (χ1v) is 13.4. The number of nitrogens with one attached hydrogen (secondary N) is 1. The predicted molar refractivity (Wildman–Crippen MR) is 152 cm³/mol. The van der Waals surface area contributed by atoms with E-state index in [0.717, 1.165) is 27.6 Å². The smallest absolute Gasteiger partial charge is 0.338 e. The van der Waals surface area contributed by atoms with E-state index in [4.69, 9.17) is 14.5 Å². The quantitative estimate of drug-likeness (QED) is 0.326. The number of carbonyl (C=O) groups excluding carboxylic acids is 1. The van der Waals surface area contributed by atoms with Crippen LogP contribution in [0.25, 0.3) is 22.7 Å². The highest BCUT2D eigenvalue weighted by Gasteiger charge is 2.35. The molecule has 7 nitrogen and oxygen atoms in total. The Balaban J connectivity index is 1.66. The number of thiazole rings is 1. The Hall–Kier alpha value is -4.69. The highest BCUT2D eigenvalue weighted by molar-refractivity contribution is 7.07. The summed E-state index contributed by atoms with van der Waals surface area (Å²) in [6, 6.07) is 24.1. The van der Waals surface area contributed by atoms with Gasteiger partial charge in [0.1, 0.15) is 5.75 Å². The molecule has 0 aliphatic carbocycles. The number of hydrogen-bond acceptors (Lipinski definition) is 6. The second kappa shape index (κ2) is 10.2. The molecule has 39 heavy (non-hydrogen) atoms. The molecule has 8 heteroatoms. The summed E-state index contributed by atoms with van der Waals surface area (Å²) in [6.45, 7) is 1.96. The lowest BCUT2D eigenvalue weighted by Gasteiger charge is -2.26. The number of benzene rings is 3. The van der Waals surface area contributed by atoms with E-state index >= 15 is 0 Å². The van der Waals surface area contributed by atoms with Gasteiger partial charge in [0.05, 0.1) is 35.6 Å². The van der Waals surface area contributed by atoms with Crippen molar-refractivity contribution in [1.29, 1.82) is 0 Å². The third kappa shape index (κ3) is 4.38. The van der Waals surface area contributed by atoms with Crippen LogP contribution in [-0.2, 0) is 9.53 Å². The SMILES string of the molecule is CCOC(=O)C1=C(c2ccccc2)N=c2sc(=Cc3c[nH]c4ccccc34)c(=O)n2C1c1cccc(OC)c1. The second-order valence-corrected chi connectivity index (χ2v) is 10.0. The fourth-order valence-corrected chi connectivity index (χ4v) is 5.91. The Kier molecular flexibility index (Phi) is 6.46. The third-order valence-electron chi connectivity index (χ3n) is 6.69. The zero-order chi connectivity index (χ0) is 26.9. The van der Waals surface area contributed by atoms with Crippen LogP contribution in [0.4, 0.5) is 0 Å². The molecule has 0 saturated carbocycles. The summed E-state index contributed by atoms with van der Waals surface area (Å²) in [5.74, 6) is 0.105.